The Balaban J connectivity index is 2.33. The SMILES string of the molecule is O=C(O)c1nc(-c2cccc(F)c2)n2cnccc12. The van der Waals surface area contributed by atoms with Crippen LogP contribution in [0.5, 0.6) is 0 Å². The molecule has 1 aromatic carbocycles. The highest BCUT2D eigenvalue weighted by Crippen LogP contribution is 2.22. The van der Waals surface area contributed by atoms with Gasteiger partial charge in [0, 0.05) is 11.8 Å². The molecule has 0 spiro atoms. The number of aromatic carboxylic acids is 1. The Morgan fingerprint density at radius 2 is 2.16 bits per heavy atom. The van der Waals surface area contributed by atoms with E-state index in [9.17, 15) is 9.18 Å². The van der Waals surface area contributed by atoms with E-state index in [0.29, 0.717) is 16.9 Å². The molecule has 2 aromatic heterocycles. The standard InChI is InChI=1S/C13H8FN3O2/c14-9-3-1-2-8(6-9)12-16-11(13(18)19)10-4-5-15-7-17(10)12/h1-7H,(H,18,19). The molecule has 94 valence electrons. The van der Waals surface area contributed by atoms with Crippen LogP contribution >= 0.6 is 0 Å². The highest BCUT2D eigenvalue weighted by molar-refractivity contribution is 5.94. The summed E-state index contributed by atoms with van der Waals surface area (Å²) in [5.41, 5.74) is 0.832. The van der Waals surface area contributed by atoms with Crippen molar-refractivity contribution in [1.82, 2.24) is 14.4 Å². The molecular weight excluding hydrogens is 249 g/mol. The Kier molecular flexibility index (Phi) is 2.49. The van der Waals surface area contributed by atoms with Crippen molar-refractivity contribution in [1.29, 1.82) is 0 Å². The number of rotatable bonds is 2. The minimum atomic E-state index is -1.13. The molecular formula is C13H8FN3O2. The van der Waals surface area contributed by atoms with Gasteiger partial charge in [0.15, 0.2) is 5.69 Å². The molecule has 1 N–H and O–H groups in total. The average Bonchev–Trinajstić information content (AvgIpc) is 2.78. The number of hydrogen-bond acceptors (Lipinski definition) is 3. The first-order valence-electron chi connectivity index (χ1n) is 5.48. The molecule has 5 nitrogen and oxygen atoms in total. The van der Waals surface area contributed by atoms with Crippen LogP contribution in [0.2, 0.25) is 0 Å². The Labute approximate surface area is 107 Å². The maximum Gasteiger partial charge on any atom is 0.356 e. The van der Waals surface area contributed by atoms with E-state index < -0.39 is 11.8 Å². The number of imidazole rings is 1. The second kappa shape index (κ2) is 4.16. The molecule has 0 saturated carbocycles. The summed E-state index contributed by atoms with van der Waals surface area (Å²) in [5.74, 6) is -1.19. The van der Waals surface area contributed by atoms with E-state index in [4.69, 9.17) is 5.11 Å². The van der Waals surface area contributed by atoms with Crippen LogP contribution in [0.4, 0.5) is 4.39 Å². The van der Waals surface area contributed by atoms with Crippen LogP contribution in [0, 0.1) is 5.82 Å². The van der Waals surface area contributed by atoms with Crippen molar-refractivity contribution >= 4 is 11.5 Å². The van der Waals surface area contributed by atoms with Crippen LogP contribution in [0.15, 0.2) is 42.9 Å². The third-order valence-corrected chi connectivity index (χ3v) is 2.73. The molecule has 0 unspecified atom stereocenters. The molecule has 2 heterocycles. The molecule has 3 aromatic rings. The molecule has 0 aliphatic carbocycles. The number of nitrogens with zero attached hydrogens (tertiary/aromatic N) is 3. The Bertz CT molecular complexity index is 782. The highest BCUT2D eigenvalue weighted by Gasteiger charge is 2.17. The Morgan fingerprint density at radius 3 is 2.89 bits per heavy atom. The van der Waals surface area contributed by atoms with Gasteiger partial charge in [-0.3, -0.25) is 4.40 Å². The number of carboxylic acids is 1. The maximum absolute atomic E-state index is 13.2. The molecule has 0 fully saturated rings. The summed E-state index contributed by atoms with van der Waals surface area (Å²) < 4.78 is 14.8. The van der Waals surface area contributed by atoms with Crippen LogP contribution in [-0.4, -0.2) is 25.4 Å². The van der Waals surface area contributed by atoms with E-state index in [1.165, 1.54) is 29.1 Å². The van der Waals surface area contributed by atoms with Crippen molar-refractivity contribution in [3.63, 3.8) is 0 Å². The second-order valence-corrected chi connectivity index (χ2v) is 3.94. The Hall–Kier alpha value is -2.76. The zero-order valence-electron chi connectivity index (χ0n) is 9.62. The number of fused-ring (bicyclic) bond motifs is 1. The topological polar surface area (TPSA) is 67.5 Å². The third-order valence-electron chi connectivity index (χ3n) is 2.73. The van der Waals surface area contributed by atoms with Gasteiger partial charge in [-0.2, -0.15) is 0 Å². The molecule has 0 atom stereocenters. The average molecular weight is 257 g/mol. The van der Waals surface area contributed by atoms with E-state index >= 15 is 0 Å². The summed E-state index contributed by atoms with van der Waals surface area (Å²) in [6.45, 7) is 0. The van der Waals surface area contributed by atoms with Gasteiger partial charge in [-0.25, -0.2) is 19.2 Å². The number of hydrogen-bond donors (Lipinski definition) is 1. The molecule has 0 saturated heterocycles. The first kappa shape index (κ1) is 11.3. The lowest BCUT2D eigenvalue weighted by Gasteiger charge is -2.00. The van der Waals surface area contributed by atoms with Gasteiger partial charge in [-0.1, -0.05) is 12.1 Å². The zero-order valence-corrected chi connectivity index (χ0v) is 9.62. The van der Waals surface area contributed by atoms with Gasteiger partial charge in [-0.15, -0.1) is 0 Å². The van der Waals surface area contributed by atoms with Crippen molar-refractivity contribution in [3.05, 3.63) is 54.4 Å². The van der Waals surface area contributed by atoms with Crippen LogP contribution in [0.1, 0.15) is 10.5 Å². The smallest absolute Gasteiger partial charge is 0.356 e. The van der Waals surface area contributed by atoms with Gasteiger partial charge < -0.3 is 5.11 Å². The van der Waals surface area contributed by atoms with Crippen LogP contribution in [0.25, 0.3) is 16.9 Å². The summed E-state index contributed by atoms with van der Waals surface area (Å²) in [6.07, 6.45) is 2.94. The van der Waals surface area contributed by atoms with Gasteiger partial charge >= 0.3 is 5.97 Å². The van der Waals surface area contributed by atoms with E-state index in [2.05, 4.69) is 9.97 Å². The molecule has 0 bridgehead atoms. The molecule has 0 aliphatic heterocycles. The largest absolute Gasteiger partial charge is 0.476 e. The van der Waals surface area contributed by atoms with Gasteiger partial charge in [0.25, 0.3) is 0 Å². The van der Waals surface area contributed by atoms with Crippen LogP contribution < -0.4 is 0 Å². The fourth-order valence-corrected chi connectivity index (χ4v) is 1.93. The monoisotopic (exact) mass is 257 g/mol. The molecule has 0 aliphatic rings. The normalized spacial score (nSPS) is 10.8. The van der Waals surface area contributed by atoms with Gasteiger partial charge in [0.1, 0.15) is 18.0 Å². The van der Waals surface area contributed by atoms with E-state index in [0.717, 1.165) is 0 Å². The van der Waals surface area contributed by atoms with Crippen molar-refractivity contribution in [3.8, 4) is 11.4 Å². The predicted octanol–water partition coefficient (Wildman–Crippen LogP) is 2.23. The van der Waals surface area contributed by atoms with Crippen molar-refractivity contribution < 1.29 is 14.3 Å². The fourth-order valence-electron chi connectivity index (χ4n) is 1.93. The summed E-state index contributed by atoms with van der Waals surface area (Å²) in [4.78, 5) is 19.1. The van der Waals surface area contributed by atoms with E-state index in [1.54, 1.807) is 18.2 Å². The number of carboxylic acid groups (broad SMARTS) is 1. The number of carbonyl (C=O) groups is 1. The molecule has 0 amide bonds. The van der Waals surface area contributed by atoms with Gasteiger partial charge in [-0.05, 0) is 18.2 Å². The lowest BCUT2D eigenvalue weighted by molar-refractivity contribution is 0.0693. The lowest BCUT2D eigenvalue weighted by Crippen LogP contribution is -1.97. The van der Waals surface area contributed by atoms with Crippen LogP contribution in [-0.2, 0) is 0 Å². The van der Waals surface area contributed by atoms with Gasteiger partial charge in [0.2, 0.25) is 0 Å². The summed E-state index contributed by atoms with van der Waals surface area (Å²) in [7, 11) is 0. The van der Waals surface area contributed by atoms with Gasteiger partial charge in [0.05, 0.1) is 5.52 Å². The minimum absolute atomic E-state index is 0.0818. The first-order chi connectivity index (χ1) is 9.16. The number of aromatic nitrogens is 3. The predicted molar refractivity (Wildman–Crippen MR) is 65.3 cm³/mol. The molecule has 3 rings (SSSR count). The quantitative estimate of drug-likeness (QED) is 0.764. The minimum Gasteiger partial charge on any atom is -0.476 e. The summed E-state index contributed by atoms with van der Waals surface area (Å²) in [5, 5.41) is 9.13. The fraction of sp³-hybridized carbons (Fsp3) is 0. The Morgan fingerprint density at radius 1 is 1.32 bits per heavy atom. The maximum atomic E-state index is 13.2. The lowest BCUT2D eigenvalue weighted by atomic mass is 10.2. The molecule has 0 radical (unpaired) electrons. The second-order valence-electron chi connectivity index (χ2n) is 3.94. The van der Waals surface area contributed by atoms with Crippen molar-refractivity contribution in [2.45, 2.75) is 0 Å². The van der Waals surface area contributed by atoms with Crippen LogP contribution in [0.3, 0.4) is 0 Å². The van der Waals surface area contributed by atoms with E-state index in [-0.39, 0.29) is 5.69 Å². The number of halogens is 1. The molecule has 19 heavy (non-hydrogen) atoms. The summed E-state index contributed by atoms with van der Waals surface area (Å²) in [6, 6.07) is 7.38. The first-order valence-corrected chi connectivity index (χ1v) is 5.48. The zero-order chi connectivity index (χ0) is 13.4. The van der Waals surface area contributed by atoms with Crippen molar-refractivity contribution in [2.75, 3.05) is 0 Å². The van der Waals surface area contributed by atoms with E-state index in [1.807, 2.05) is 0 Å². The third kappa shape index (κ3) is 1.83. The highest BCUT2D eigenvalue weighted by atomic mass is 19.1. The number of benzene rings is 1. The molecule has 6 heteroatoms. The summed E-state index contributed by atoms with van der Waals surface area (Å²) >= 11 is 0. The van der Waals surface area contributed by atoms with Crippen molar-refractivity contribution in [2.24, 2.45) is 0 Å².